The molecule has 0 aliphatic carbocycles. The van der Waals surface area contributed by atoms with Crippen molar-refractivity contribution in [3.8, 4) is 0 Å². The summed E-state index contributed by atoms with van der Waals surface area (Å²) in [6.45, 7) is 9.23. The molecule has 0 saturated carbocycles. The second kappa shape index (κ2) is 9.80. The van der Waals surface area contributed by atoms with E-state index in [4.69, 9.17) is 4.74 Å². The van der Waals surface area contributed by atoms with E-state index in [1.807, 2.05) is 12.1 Å². The average Bonchev–Trinajstić information content (AvgIpc) is 3.01. The topological polar surface area (TPSA) is 119 Å². The van der Waals surface area contributed by atoms with Gasteiger partial charge < -0.3 is 15.4 Å². The van der Waals surface area contributed by atoms with Crippen LogP contribution in [-0.2, 0) is 29.6 Å². The van der Waals surface area contributed by atoms with Gasteiger partial charge in [-0.2, -0.15) is 0 Å². The molecule has 1 unspecified atom stereocenters. The Labute approximate surface area is 184 Å². The van der Waals surface area contributed by atoms with Gasteiger partial charge in [0.2, 0.25) is 0 Å². The second-order valence-electron chi connectivity index (χ2n) is 9.30. The number of hydrogen-bond acceptors (Lipinski definition) is 6. The van der Waals surface area contributed by atoms with Crippen LogP contribution in [0, 0.1) is 5.92 Å². The first kappa shape index (κ1) is 24.8. The van der Waals surface area contributed by atoms with Gasteiger partial charge in [-0.1, -0.05) is 46.8 Å². The summed E-state index contributed by atoms with van der Waals surface area (Å²) < 4.78 is 28.0. The van der Waals surface area contributed by atoms with Gasteiger partial charge in [0.05, 0.1) is 11.5 Å². The van der Waals surface area contributed by atoms with Crippen LogP contribution in [0.1, 0.15) is 57.0 Å². The monoisotopic (exact) mass is 452 g/mol. The third-order valence-electron chi connectivity index (χ3n) is 5.16. The van der Waals surface area contributed by atoms with Crippen LogP contribution in [0.3, 0.4) is 0 Å². The van der Waals surface area contributed by atoms with Gasteiger partial charge in [-0.25, -0.2) is 13.2 Å². The average molecular weight is 453 g/mol. The maximum absolute atomic E-state index is 12.6. The number of ether oxygens (including phenoxy) is 1. The summed E-state index contributed by atoms with van der Waals surface area (Å²) in [5, 5.41) is 5.23. The zero-order valence-corrected chi connectivity index (χ0v) is 19.5. The van der Waals surface area contributed by atoms with Gasteiger partial charge in [-0.3, -0.25) is 9.59 Å². The molecule has 1 saturated heterocycles. The lowest BCUT2D eigenvalue weighted by atomic mass is 9.86. The highest BCUT2D eigenvalue weighted by Crippen LogP contribution is 2.22. The van der Waals surface area contributed by atoms with Gasteiger partial charge in [0.15, 0.2) is 16.4 Å². The SMILES string of the molecule is CC(C)[C@@H](NC(=O)c1ccc(C(C)(C)C)cc1)C(=O)OCC(=O)NC1CCS(=O)(=O)C1. The Morgan fingerprint density at radius 1 is 1.13 bits per heavy atom. The molecule has 9 heteroatoms. The van der Waals surface area contributed by atoms with Crippen LogP contribution in [0.2, 0.25) is 0 Å². The highest BCUT2D eigenvalue weighted by molar-refractivity contribution is 7.91. The third kappa shape index (κ3) is 7.34. The maximum Gasteiger partial charge on any atom is 0.329 e. The zero-order valence-electron chi connectivity index (χ0n) is 18.7. The summed E-state index contributed by atoms with van der Waals surface area (Å²) in [6, 6.07) is 5.79. The van der Waals surface area contributed by atoms with Crippen molar-refractivity contribution in [1.82, 2.24) is 10.6 Å². The van der Waals surface area contributed by atoms with Gasteiger partial charge in [0.25, 0.3) is 11.8 Å². The minimum absolute atomic E-state index is 0.0376. The number of carbonyl (C=O) groups excluding carboxylic acids is 3. The molecule has 1 aliphatic heterocycles. The standard InChI is InChI=1S/C22H32N2O6S/c1-14(2)19(24-20(26)15-6-8-16(9-7-15)22(3,4)5)21(27)30-12-18(25)23-17-10-11-31(28,29)13-17/h6-9,14,17,19H,10-13H2,1-5H3,(H,23,25)(H,24,26)/t17?,19-/m1/s1. The van der Waals surface area contributed by atoms with Crippen LogP contribution in [0.5, 0.6) is 0 Å². The summed E-state index contributed by atoms with van der Waals surface area (Å²) in [5.41, 5.74) is 1.47. The molecule has 1 heterocycles. The minimum Gasteiger partial charge on any atom is -0.454 e. The number of sulfone groups is 1. The zero-order chi connectivity index (χ0) is 23.4. The molecule has 1 fully saturated rings. The number of nitrogens with one attached hydrogen (secondary N) is 2. The molecule has 0 bridgehead atoms. The molecule has 2 rings (SSSR count). The first-order chi connectivity index (χ1) is 14.3. The fourth-order valence-corrected chi connectivity index (χ4v) is 4.92. The van der Waals surface area contributed by atoms with Gasteiger partial charge in [0, 0.05) is 11.6 Å². The molecule has 0 radical (unpaired) electrons. The molecule has 0 spiro atoms. The van der Waals surface area contributed by atoms with Gasteiger partial charge in [-0.05, 0) is 35.4 Å². The van der Waals surface area contributed by atoms with Gasteiger partial charge in [-0.15, -0.1) is 0 Å². The highest BCUT2D eigenvalue weighted by Gasteiger charge is 2.30. The molecule has 2 amide bonds. The fourth-order valence-electron chi connectivity index (χ4n) is 3.25. The summed E-state index contributed by atoms with van der Waals surface area (Å²) in [7, 11) is -3.12. The number of amides is 2. The quantitative estimate of drug-likeness (QED) is 0.607. The summed E-state index contributed by atoms with van der Waals surface area (Å²) in [4.78, 5) is 37.1. The summed E-state index contributed by atoms with van der Waals surface area (Å²) in [5.74, 6) is -2.02. The van der Waals surface area contributed by atoms with E-state index < -0.39 is 46.3 Å². The minimum atomic E-state index is -3.12. The van der Waals surface area contributed by atoms with E-state index in [0.29, 0.717) is 12.0 Å². The predicted molar refractivity (Wildman–Crippen MR) is 117 cm³/mol. The lowest BCUT2D eigenvalue weighted by Gasteiger charge is -2.22. The molecule has 0 aromatic heterocycles. The molecule has 2 atom stereocenters. The lowest BCUT2D eigenvalue weighted by molar-refractivity contribution is -0.151. The largest absolute Gasteiger partial charge is 0.454 e. The van der Waals surface area contributed by atoms with E-state index in [2.05, 4.69) is 31.4 Å². The van der Waals surface area contributed by atoms with E-state index in [1.165, 1.54) is 0 Å². The van der Waals surface area contributed by atoms with Crippen molar-refractivity contribution in [1.29, 1.82) is 0 Å². The van der Waals surface area contributed by atoms with Crippen LogP contribution >= 0.6 is 0 Å². The van der Waals surface area contributed by atoms with Crippen LogP contribution in [0.4, 0.5) is 0 Å². The molecule has 1 aromatic rings. The van der Waals surface area contributed by atoms with Crippen molar-refractivity contribution in [2.75, 3.05) is 18.1 Å². The first-order valence-electron chi connectivity index (χ1n) is 10.4. The van der Waals surface area contributed by atoms with E-state index in [0.717, 1.165) is 5.56 Å². The lowest BCUT2D eigenvalue weighted by Crippen LogP contribution is -2.46. The molecule has 1 aromatic carbocycles. The van der Waals surface area contributed by atoms with E-state index >= 15 is 0 Å². The summed E-state index contributed by atoms with van der Waals surface area (Å²) >= 11 is 0. The molecular formula is C22H32N2O6S. The Morgan fingerprint density at radius 3 is 2.23 bits per heavy atom. The molecular weight excluding hydrogens is 420 g/mol. The van der Waals surface area contributed by atoms with Gasteiger partial charge >= 0.3 is 5.97 Å². The van der Waals surface area contributed by atoms with Crippen LogP contribution in [0.25, 0.3) is 0 Å². The van der Waals surface area contributed by atoms with E-state index in [1.54, 1.807) is 26.0 Å². The Kier molecular flexibility index (Phi) is 7.86. The van der Waals surface area contributed by atoms with Crippen molar-refractivity contribution >= 4 is 27.6 Å². The van der Waals surface area contributed by atoms with Crippen molar-refractivity contribution in [2.24, 2.45) is 5.92 Å². The van der Waals surface area contributed by atoms with Crippen LogP contribution in [0.15, 0.2) is 24.3 Å². The van der Waals surface area contributed by atoms with Crippen molar-refractivity contribution in [3.63, 3.8) is 0 Å². The van der Waals surface area contributed by atoms with Gasteiger partial charge in [0.1, 0.15) is 6.04 Å². The fraction of sp³-hybridized carbons (Fsp3) is 0.591. The Bertz CT molecular complexity index is 916. The highest BCUT2D eigenvalue weighted by atomic mass is 32.2. The number of esters is 1. The maximum atomic E-state index is 12.6. The number of hydrogen-bond donors (Lipinski definition) is 2. The van der Waals surface area contributed by atoms with E-state index in [-0.39, 0.29) is 22.8 Å². The van der Waals surface area contributed by atoms with Crippen molar-refractivity contribution < 1.29 is 27.5 Å². The number of carbonyl (C=O) groups is 3. The normalized spacial score (nSPS) is 19.0. The second-order valence-corrected chi connectivity index (χ2v) is 11.5. The molecule has 2 N–H and O–H groups in total. The Balaban J connectivity index is 1.91. The summed E-state index contributed by atoms with van der Waals surface area (Å²) in [6.07, 6.45) is 0.348. The van der Waals surface area contributed by atoms with Crippen molar-refractivity contribution in [2.45, 2.75) is 58.5 Å². The first-order valence-corrected chi connectivity index (χ1v) is 12.2. The number of benzene rings is 1. The smallest absolute Gasteiger partial charge is 0.329 e. The van der Waals surface area contributed by atoms with Crippen LogP contribution < -0.4 is 10.6 Å². The number of rotatable bonds is 7. The Morgan fingerprint density at radius 2 is 1.74 bits per heavy atom. The molecule has 1 aliphatic rings. The molecule has 8 nitrogen and oxygen atoms in total. The molecule has 31 heavy (non-hydrogen) atoms. The predicted octanol–water partition coefficient (Wildman–Crippen LogP) is 1.59. The van der Waals surface area contributed by atoms with E-state index in [9.17, 15) is 22.8 Å². The van der Waals surface area contributed by atoms with Crippen LogP contribution in [-0.4, -0.2) is 56.4 Å². The van der Waals surface area contributed by atoms with Crippen molar-refractivity contribution in [3.05, 3.63) is 35.4 Å². The third-order valence-corrected chi connectivity index (χ3v) is 6.93. The molecule has 172 valence electrons. The Hall–Kier alpha value is -2.42.